The van der Waals surface area contributed by atoms with Gasteiger partial charge in [0.1, 0.15) is 5.75 Å². The van der Waals surface area contributed by atoms with Gasteiger partial charge in [0.05, 0.1) is 23.3 Å². The zero-order valence-electron chi connectivity index (χ0n) is 10.7. The first kappa shape index (κ1) is 11.6. The molecule has 3 aromatic rings. The molecule has 0 unspecified atom stereocenters. The Morgan fingerprint density at radius 1 is 1.00 bits per heavy atom. The molecule has 4 N–H and O–H groups in total. The smallest absolute Gasteiger partial charge is 0.142 e. The minimum atomic E-state index is 0.591. The summed E-state index contributed by atoms with van der Waals surface area (Å²) in [6.45, 7) is 2.53. The van der Waals surface area contributed by atoms with Crippen molar-refractivity contribution in [2.75, 3.05) is 18.1 Å². The van der Waals surface area contributed by atoms with Crippen molar-refractivity contribution in [2.24, 2.45) is 0 Å². The zero-order chi connectivity index (χ0) is 13.4. The summed E-state index contributed by atoms with van der Waals surface area (Å²) >= 11 is 0. The molecule has 19 heavy (non-hydrogen) atoms. The Kier molecular flexibility index (Phi) is 2.63. The highest BCUT2D eigenvalue weighted by molar-refractivity contribution is 5.96. The molecule has 4 nitrogen and oxygen atoms in total. The Labute approximate surface area is 111 Å². The number of rotatable bonds is 2. The van der Waals surface area contributed by atoms with Crippen molar-refractivity contribution < 1.29 is 4.74 Å². The van der Waals surface area contributed by atoms with Crippen molar-refractivity contribution in [1.82, 2.24) is 4.98 Å². The van der Waals surface area contributed by atoms with E-state index in [1.54, 1.807) is 0 Å². The molecule has 0 saturated heterocycles. The summed E-state index contributed by atoms with van der Waals surface area (Å²) in [6, 6.07) is 11.5. The largest absolute Gasteiger partial charge is 0.492 e. The van der Waals surface area contributed by atoms with E-state index in [0.717, 1.165) is 21.8 Å². The maximum Gasteiger partial charge on any atom is 0.142 e. The number of ether oxygens (including phenoxy) is 1. The fraction of sp³-hybridized carbons (Fsp3) is 0.133. The predicted molar refractivity (Wildman–Crippen MR) is 79.2 cm³/mol. The fourth-order valence-electron chi connectivity index (χ4n) is 2.17. The number of hydrogen-bond acceptors (Lipinski definition) is 4. The maximum absolute atomic E-state index is 5.96. The Balaban J connectivity index is 2.28. The number of fused-ring (bicyclic) bond motifs is 2. The van der Waals surface area contributed by atoms with Crippen molar-refractivity contribution in [2.45, 2.75) is 6.92 Å². The van der Waals surface area contributed by atoms with Gasteiger partial charge in [-0.3, -0.25) is 0 Å². The molecule has 2 aromatic carbocycles. The molecule has 0 saturated carbocycles. The average molecular weight is 253 g/mol. The van der Waals surface area contributed by atoms with Crippen LogP contribution in [-0.4, -0.2) is 11.6 Å². The van der Waals surface area contributed by atoms with E-state index < -0.39 is 0 Å². The summed E-state index contributed by atoms with van der Waals surface area (Å²) in [7, 11) is 0. The Morgan fingerprint density at radius 3 is 2.58 bits per heavy atom. The maximum atomic E-state index is 5.96. The van der Waals surface area contributed by atoms with E-state index in [0.29, 0.717) is 23.7 Å². The number of nitrogen functional groups attached to an aromatic ring is 2. The topological polar surface area (TPSA) is 74.2 Å². The van der Waals surface area contributed by atoms with Crippen molar-refractivity contribution >= 4 is 33.2 Å². The molecular formula is C15H15N3O. The van der Waals surface area contributed by atoms with Gasteiger partial charge < -0.3 is 16.2 Å². The lowest BCUT2D eigenvalue weighted by molar-refractivity contribution is 0.342. The van der Waals surface area contributed by atoms with Gasteiger partial charge in [0, 0.05) is 16.5 Å². The van der Waals surface area contributed by atoms with Crippen LogP contribution in [0.1, 0.15) is 6.92 Å². The summed E-state index contributed by atoms with van der Waals surface area (Å²) < 4.78 is 5.50. The van der Waals surface area contributed by atoms with Crippen LogP contribution in [0.25, 0.3) is 21.8 Å². The first-order valence-electron chi connectivity index (χ1n) is 6.19. The van der Waals surface area contributed by atoms with Gasteiger partial charge in [-0.2, -0.15) is 0 Å². The number of nitrogens with two attached hydrogens (primary N) is 2. The third kappa shape index (κ3) is 2.01. The molecule has 1 aromatic heterocycles. The first-order chi connectivity index (χ1) is 9.17. The molecule has 1 heterocycles. The molecule has 0 aliphatic heterocycles. The Bertz CT molecular complexity index is 768. The standard InChI is InChI=1S/C15H15N3O/c1-2-19-15-6-10-5-9-3-4-11(16)7-13(9)18-14(10)8-12(15)17/h3-8H,2,16-17H2,1H3. The van der Waals surface area contributed by atoms with Crippen LogP contribution in [0, 0.1) is 0 Å². The van der Waals surface area contributed by atoms with E-state index >= 15 is 0 Å². The van der Waals surface area contributed by atoms with Crippen molar-refractivity contribution in [3.05, 3.63) is 36.4 Å². The quantitative estimate of drug-likeness (QED) is 0.544. The second kappa shape index (κ2) is 4.31. The van der Waals surface area contributed by atoms with Crippen molar-refractivity contribution in [1.29, 1.82) is 0 Å². The molecule has 0 bridgehead atoms. The molecule has 0 fully saturated rings. The number of nitrogens with zero attached hydrogens (tertiary/aromatic N) is 1. The first-order valence-corrected chi connectivity index (χ1v) is 6.19. The second-order valence-corrected chi connectivity index (χ2v) is 4.46. The number of benzene rings is 2. The number of pyridine rings is 1. The highest BCUT2D eigenvalue weighted by atomic mass is 16.5. The van der Waals surface area contributed by atoms with Crippen LogP contribution in [0.4, 0.5) is 11.4 Å². The van der Waals surface area contributed by atoms with Crippen molar-refractivity contribution in [3.63, 3.8) is 0 Å². The van der Waals surface area contributed by atoms with E-state index in [1.165, 1.54) is 0 Å². The van der Waals surface area contributed by atoms with Crippen LogP contribution >= 0.6 is 0 Å². The van der Waals surface area contributed by atoms with Gasteiger partial charge in [0.25, 0.3) is 0 Å². The average Bonchev–Trinajstić information content (AvgIpc) is 2.38. The zero-order valence-corrected chi connectivity index (χ0v) is 10.7. The van der Waals surface area contributed by atoms with Gasteiger partial charge in [-0.05, 0) is 37.3 Å². The van der Waals surface area contributed by atoms with Crippen LogP contribution < -0.4 is 16.2 Å². The van der Waals surface area contributed by atoms with Crippen molar-refractivity contribution in [3.8, 4) is 5.75 Å². The van der Waals surface area contributed by atoms with Gasteiger partial charge in [0.15, 0.2) is 0 Å². The molecule has 4 heteroatoms. The van der Waals surface area contributed by atoms with Crippen LogP contribution in [0.5, 0.6) is 5.75 Å². The lowest BCUT2D eigenvalue weighted by atomic mass is 10.1. The number of hydrogen-bond donors (Lipinski definition) is 2. The van der Waals surface area contributed by atoms with Crippen LogP contribution in [0.2, 0.25) is 0 Å². The van der Waals surface area contributed by atoms with Gasteiger partial charge in [-0.25, -0.2) is 4.98 Å². The third-order valence-electron chi connectivity index (χ3n) is 3.07. The molecular weight excluding hydrogens is 238 g/mol. The van der Waals surface area contributed by atoms with Gasteiger partial charge in [-0.15, -0.1) is 0 Å². The Morgan fingerprint density at radius 2 is 1.79 bits per heavy atom. The minimum Gasteiger partial charge on any atom is -0.492 e. The molecule has 3 rings (SSSR count). The molecule has 0 radical (unpaired) electrons. The molecule has 0 aliphatic rings. The Hall–Kier alpha value is -2.49. The van der Waals surface area contributed by atoms with E-state index in [9.17, 15) is 0 Å². The lowest BCUT2D eigenvalue weighted by Crippen LogP contribution is -1.97. The van der Waals surface area contributed by atoms with Crippen LogP contribution in [0.3, 0.4) is 0 Å². The van der Waals surface area contributed by atoms with E-state index in [4.69, 9.17) is 16.2 Å². The second-order valence-electron chi connectivity index (χ2n) is 4.46. The summed E-state index contributed by atoms with van der Waals surface area (Å²) in [5, 5.41) is 2.06. The monoisotopic (exact) mass is 253 g/mol. The fourth-order valence-corrected chi connectivity index (χ4v) is 2.17. The predicted octanol–water partition coefficient (Wildman–Crippen LogP) is 2.95. The SMILES string of the molecule is CCOc1cc2cc3ccc(N)cc3nc2cc1N. The third-order valence-corrected chi connectivity index (χ3v) is 3.07. The molecule has 96 valence electrons. The van der Waals surface area contributed by atoms with E-state index in [1.807, 2.05) is 37.3 Å². The number of anilines is 2. The summed E-state index contributed by atoms with van der Waals surface area (Å²) in [4.78, 5) is 4.59. The van der Waals surface area contributed by atoms with Gasteiger partial charge in [-0.1, -0.05) is 6.07 Å². The molecule has 0 atom stereocenters. The summed E-state index contributed by atoms with van der Waals surface area (Å²) in [5.41, 5.74) is 14.8. The molecule has 0 spiro atoms. The molecule has 0 aliphatic carbocycles. The normalized spacial score (nSPS) is 11.0. The highest BCUT2D eigenvalue weighted by Gasteiger charge is 2.06. The summed E-state index contributed by atoms with van der Waals surface area (Å²) in [5.74, 6) is 0.701. The molecule has 0 amide bonds. The van der Waals surface area contributed by atoms with Crippen LogP contribution in [-0.2, 0) is 0 Å². The van der Waals surface area contributed by atoms with Gasteiger partial charge >= 0.3 is 0 Å². The minimum absolute atomic E-state index is 0.591. The van der Waals surface area contributed by atoms with E-state index in [-0.39, 0.29) is 0 Å². The van der Waals surface area contributed by atoms with E-state index in [2.05, 4.69) is 11.1 Å². The number of aromatic nitrogens is 1. The van der Waals surface area contributed by atoms with Crippen LogP contribution in [0.15, 0.2) is 36.4 Å². The van der Waals surface area contributed by atoms with Gasteiger partial charge in [0.2, 0.25) is 0 Å². The highest BCUT2D eigenvalue weighted by Crippen LogP contribution is 2.29. The lowest BCUT2D eigenvalue weighted by Gasteiger charge is -2.09. The summed E-state index contributed by atoms with van der Waals surface area (Å²) in [6.07, 6.45) is 0.